The van der Waals surface area contributed by atoms with Crippen LogP contribution in [0.5, 0.6) is 11.5 Å². The number of hydrogen-bond acceptors (Lipinski definition) is 4. The Kier molecular flexibility index (Phi) is 5.18. The Morgan fingerprint density at radius 2 is 1.79 bits per heavy atom. The van der Waals surface area contributed by atoms with Crippen molar-refractivity contribution in [3.05, 3.63) is 18.2 Å². The normalized spacial score (nSPS) is 13.5. The Hall–Kier alpha value is -1.75. The highest BCUT2D eigenvalue weighted by Crippen LogP contribution is 2.26. The zero-order chi connectivity index (χ0) is 14.5. The molecule has 5 heteroatoms. The van der Waals surface area contributed by atoms with Crippen molar-refractivity contribution < 1.29 is 14.3 Å². The molecular weight excluding hydrogens is 244 g/mol. The minimum atomic E-state index is -0.884. The van der Waals surface area contributed by atoms with Crippen LogP contribution in [0.15, 0.2) is 18.2 Å². The summed E-state index contributed by atoms with van der Waals surface area (Å²) in [5.41, 5.74) is 5.71. The molecule has 3 N–H and O–H groups in total. The fourth-order valence-electron chi connectivity index (χ4n) is 1.79. The van der Waals surface area contributed by atoms with Gasteiger partial charge >= 0.3 is 0 Å². The molecule has 106 valence electrons. The predicted octanol–water partition coefficient (Wildman–Crippen LogP) is 2.16. The number of nitrogens with two attached hydrogens (primary N) is 1. The van der Waals surface area contributed by atoms with E-state index in [1.807, 2.05) is 6.92 Å². The monoisotopic (exact) mass is 266 g/mol. The van der Waals surface area contributed by atoms with Gasteiger partial charge < -0.3 is 20.5 Å². The van der Waals surface area contributed by atoms with Gasteiger partial charge in [0.25, 0.3) is 0 Å². The Balaban J connectivity index is 2.90. The van der Waals surface area contributed by atoms with E-state index in [1.54, 1.807) is 39.3 Å². The molecule has 1 rings (SSSR count). The van der Waals surface area contributed by atoms with Crippen LogP contribution in [0.2, 0.25) is 0 Å². The van der Waals surface area contributed by atoms with Crippen LogP contribution in [0.3, 0.4) is 0 Å². The molecule has 0 fully saturated rings. The standard InChI is InChI=1S/C14H22N2O3/c1-5-6-14(2,15)13(17)16-10-7-11(18-3)9-12(8-10)19-4/h7-9H,5-6,15H2,1-4H3,(H,16,17). The molecule has 1 unspecified atom stereocenters. The van der Waals surface area contributed by atoms with Crippen molar-refractivity contribution in [2.45, 2.75) is 32.2 Å². The first-order valence-electron chi connectivity index (χ1n) is 6.26. The van der Waals surface area contributed by atoms with Crippen LogP contribution in [0.4, 0.5) is 5.69 Å². The first-order chi connectivity index (χ1) is 8.92. The number of benzene rings is 1. The summed E-state index contributed by atoms with van der Waals surface area (Å²) >= 11 is 0. The van der Waals surface area contributed by atoms with E-state index in [4.69, 9.17) is 15.2 Å². The first-order valence-corrected chi connectivity index (χ1v) is 6.26. The Labute approximate surface area is 114 Å². The number of methoxy groups -OCH3 is 2. The van der Waals surface area contributed by atoms with Gasteiger partial charge in [-0.05, 0) is 13.3 Å². The van der Waals surface area contributed by atoms with Crippen LogP contribution < -0.4 is 20.5 Å². The van der Waals surface area contributed by atoms with E-state index in [9.17, 15) is 4.79 Å². The van der Waals surface area contributed by atoms with E-state index in [-0.39, 0.29) is 5.91 Å². The van der Waals surface area contributed by atoms with Crippen LogP contribution in [0.1, 0.15) is 26.7 Å². The minimum Gasteiger partial charge on any atom is -0.497 e. The summed E-state index contributed by atoms with van der Waals surface area (Å²) in [4.78, 5) is 12.1. The van der Waals surface area contributed by atoms with Gasteiger partial charge in [-0.3, -0.25) is 4.79 Å². The fourth-order valence-corrected chi connectivity index (χ4v) is 1.79. The molecule has 0 spiro atoms. The SMILES string of the molecule is CCCC(C)(N)C(=O)Nc1cc(OC)cc(OC)c1. The van der Waals surface area contributed by atoms with Gasteiger partial charge in [-0.2, -0.15) is 0 Å². The lowest BCUT2D eigenvalue weighted by Crippen LogP contribution is -2.48. The summed E-state index contributed by atoms with van der Waals surface area (Å²) in [6.45, 7) is 3.72. The van der Waals surface area contributed by atoms with Crippen LogP contribution in [0, 0.1) is 0 Å². The van der Waals surface area contributed by atoms with Crippen molar-refractivity contribution in [2.24, 2.45) is 5.73 Å². The van der Waals surface area contributed by atoms with Gasteiger partial charge in [0.15, 0.2) is 0 Å². The lowest BCUT2D eigenvalue weighted by atomic mass is 9.96. The van der Waals surface area contributed by atoms with Crippen LogP contribution in [-0.2, 0) is 4.79 Å². The zero-order valence-electron chi connectivity index (χ0n) is 11.9. The van der Waals surface area contributed by atoms with Gasteiger partial charge in [0.1, 0.15) is 11.5 Å². The Morgan fingerprint density at radius 3 is 2.21 bits per heavy atom. The summed E-state index contributed by atoms with van der Waals surface area (Å²) in [7, 11) is 3.12. The average Bonchev–Trinajstić information content (AvgIpc) is 2.38. The molecule has 0 bridgehead atoms. The zero-order valence-corrected chi connectivity index (χ0v) is 11.9. The highest BCUT2D eigenvalue weighted by Gasteiger charge is 2.27. The maximum absolute atomic E-state index is 12.1. The molecule has 0 aliphatic rings. The molecule has 0 aliphatic heterocycles. The molecule has 1 atom stereocenters. The number of anilines is 1. The van der Waals surface area contributed by atoms with Crippen molar-refractivity contribution >= 4 is 11.6 Å². The fraction of sp³-hybridized carbons (Fsp3) is 0.500. The third-order valence-corrected chi connectivity index (χ3v) is 2.90. The van der Waals surface area contributed by atoms with Crippen molar-refractivity contribution in [3.63, 3.8) is 0 Å². The molecule has 0 aliphatic carbocycles. The Bertz CT molecular complexity index is 422. The summed E-state index contributed by atoms with van der Waals surface area (Å²) in [5, 5.41) is 2.79. The van der Waals surface area contributed by atoms with E-state index < -0.39 is 5.54 Å². The quantitative estimate of drug-likeness (QED) is 0.827. The van der Waals surface area contributed by atoms with Crippen molar-refractivity contribution in [3.8, 4) is 11.5 Å². The molecule has 1 aromatic rings. The van der Waals surface area contributed by atoms with E-state index in [0.29, 0.717) is 23.6 Å². The van der Waals surface area contributed by atoms with E-state index in [2.05, 4.69) is 5.32 Å². The van der Waals surface area contributed by atoms with Crippen molar-refractivity contribution in [1.82, 2.24) is 0 Å². The first kappa shape index (κ1) is 15.3. The van der Waals surface area contributed by atoms with E-state index >= 15 is 0 Å². The topological polar surface area (TPSA) is 73.6 Å². The van der Waals surface area contributed by atoms with E-state index in [0.717, 1.165) is 6.42 Å². The van der Waals surface area contributed by atoms with Crippen LogP contribution >= 0.6 is 0 Å². The number of amides is 1. The van der Waals surface area contributed by atoms with Gasteiger partial charge in [-0.15, -0.1) is 0 Å². The molecule has 0 aromatic heterocycles. The second-order valence-corrected chi connectivity index (χ2v) is 4.72. The average molecular weight is 266 g/mol. The summed E-state index contributed by atoms with van der Waals surface area (Å²) in [6.07, 6.45) is 1.47. The summed E-state index contributed by atoms with van der Waals surface area (Å²) in [6, 6.07) is 5.19. The molecule has 0 saturated heterocycles. The lowest BCUT2D eigenvalue weighted by molar-refractivity contribution is -0.120. The molecule has 5 nitrogen and oxygen atoms in total. The minimum absolute atomic E-state index is 0.218. The second kappa shape index (κ2) is 6.43. The lowest BCUT2D eigenvalue weighted by Gasteiger charge is -2.23. The van der Waals surface area contributed by atoms with E-state index in [1.165, 1.54) is 0 Å². The highest BCUT2D eigenvalue weighted by molar-refractivity contribution is 5.97. The molecule has 0 saturated carbocycles. The maximum atomic E-state index is 12.1. The molecule has 1 amide bonds. The number of hydrogen-bond donors (Lipinski definition) is 2. The number of ether oxygens (including phenoxy) is 2. The number of carbonyl (C=O) groups is 1. The van der Waals surface area contributed by atoms with Crippen molar-refractivity contribution in [1.29, 1.82) is 0 Å². The predicted molar refractivity (Wildman–Crippen MR) is 75.7 cm³/mol. The number of rotatable bonds is 6. The van der Waals surface area contributed by atoms with Gasteiger partial charge in [0.05, 0.1) is 19.8 Å². The van der Waals surface area contributed by atoms with Gasteiger partial charge in [-0.25, -0.2) is 0 Å². The van der Waals surface area contributed by atoms with Crippen LogP contribution in [-0.4, -0.2) is 25.7 Å². The summed E-state index contributed by atoms with van der Waals surface area (Å²) in [5.74, 6) is 1.01. The van der Waals surface area contributed by atoms with Gasteiger partial charge in [0.2, 0.25) is 5.91 Å². The Morgan fingerprint density at radius 1 is 1.26 bits per heavy atom. The molecule has 0 radical (unpaired) electrons. The third-order valence-electron chi connectivity index (χ3n) is 2.90. The van der Waals surface area contributed by atoms with Gasteiger partial charge in [-0.1, -0.05) is 13.3 Å². The molecular formula is C14H22N2O3. The largest absolute Gasteiger partial charge is 0.497 e. The molecule has 1 aromatic carbocycles. The van der Waals surface area contributed by atoms with Crippen LogP contribution in [0.25, 0.3) is 0 Å². The third kappa shape index (κ3) is 4.13. The maximum Gasteiger partial charge on any atom is 0.244 e. The second-order valence-electron chi connectivity index (χ2n) is 4.72. The summed E-state index contributed by atoms with van der Waals surface area (Å²) < 4.78 is 10.3. The van der Waals surface area contributed by atoms with Crippen molar-refractivity contribution in [2.75, 3.05) is 19.5 Å². The number of nitrogens with one attached hydrogen (secondary N) is 1. The smallest absolute Gasteiger partial charge is 0.244 e. The molecule has 0 heterocycles. The highest BCUT2D eigenvalue weighted by atomic mass is 16.5. The number of carbonyl (C=O) groups excluding carboxylic acids is 1. The molecule has 19 heavy (non-hydrogen) atoms. The van der Waals surface area contributed by atoms with Gasteiger partial charge in [0, 0.05) is 23.9 Å².